The molecule has 0 aliphatic carbocycles. The lowest BCUT2D eigenvalue weighted by Gasteiger charge is -2.22. The molecule has 6 heteroatoms. The molecule has 0 aliphatic heterocycles. The van der Waals surface area contributed by atoms with Crippen molar-refractivity contribution in [1.29, 1.82) is 0 Å². The fourth-order valence-electron chi connectivity index (χ4n) is 5.80. The number of esters is 2. The first-order valence-electron chi connectivity index (χ1n) is 19.3. The van der Waals surface area contributed by atoms with E-state index in [0.29, 0.717) is 19.4 Å². The van der Waals surface area contributed by atoms with Gasteiger partial charge in [-0.1, -0.05) is 111 Å². The molecule has 0 aromatic heterocycles. The monoisotopic (exact) mass is 625 g/mol. The van der Waals surface area contributed by atoms with Crippen molar-refractivity contribution in [2.45, 2.75) is 194 Å². The van der Waals surface area contributed by atoms with Gasteiger partial charge in [0.1, 0.15) is 6.10 Å². The predicted octanol–water partition coefficient (Wildman–Crippen LogP) is 10.2. The summed E-state index contributed by atoms with van der Waals surface area (Å²) < 4.78 is 11.3. The van der Waals surface area contributed by atoms with E-state index in [1.165, 1.54) is 122 Å². The van der Waals surface area contributed by atoms with Crippen molar-refractivity contribution in [1.82, 2.24) is 10.2 Å². The fraction of sp³-hybridized carbons (Fsp3) is 0.947. The molecular weight excluding hydrogens is 548 g/mol. The highest BCUT2D eigenvalue weighted by Gasteiger charge is 2.14. The summed E-state index contributed by atoms with van der Waals surface area (Å²) in [5.74, 6) is 0.00665. The lowest BCUT2D eigenvalue weighted by molar-refractivity contribution is -0.150. The van der Waals surface area contributed by atoms with Gasteiger partial charge in [0.15, 0.2) is 0 Å². The molecule has 0 heterocycles. The van der Waals surface area contributed by atoms with Gasteiger partial charge >= 0.3 is 11.9 Å². The molecule has 0 saturated carbocycles. The van der Waals surface area contributed by atoms with Gasteiger partial charge in [0.2, 0.25) is 0 Å². The summed E-state index contributed by atoms with van der Waals surface area (Å²) in [6.45, 7) is 11.8. The third kappa shape index (κ3) is 30.9. The van der Waals surface area contributed by atoms with Crippen molar-refractivity contribution in [3.63, 3.8) is 0 Å². The zero-order chi connectivity index (χ0) is 32.4. The summed E-state index contributed by atoms with van der Waals surface area (Å²) >= 11 is 0. The van der Waals surface area contributed by atoms with Crippen LogP contribution in [0.25, 0.3) is 0 Å². The largest absolute Gasteiger partial charge is 0.466 e. The SMILES string of the molecule is CCCCCCCOC(=O)CCCCCCCN(CCCCCCCC(=O)OC(CCCCC)CCCCC)CCCNC. The molecule has 1 N–H and O–H groups in total. The van der Waals surface area contributed by atoms with Crippen LogP contribution in [0.5, 0.6) is 0 Å². The van der Waals surface area contributed by atoms with Gasteiger partial charge in [0.25, 0.3) is 0 Å². The molecule has 0 rings (SSSR count). The molecule has 0 amide bonds. The molecule has 0 unspecified atom stereocenters. The first-order chi connectivity index (χ1) is 21.6. The summed E-state index contributed by atoms with van der Waals surface area (Å²) in [5, 5.41) is 3.28. The zero-order valence-electron chi connectivity index (χ0n) is 30.1. The molecule has 262 valence electrons. The van der Waals surface area contributed by atoms with Crippen LogP contribution in [0.2, 0.25) is 0 Å². The number of unbranched alkanes of at least 4 members (excludes halogenated alkanes) is 16. The number of ether oxygens (including phenoxy) is 2. The van der Waals surface area contributed by atoms with Gasteiger partial charge in [0, 0.05) is 12.8 Å². The molecule has 0 saturated heterocycles. The second-order valence-electron chi connectivity index (χ2n) is 13.1. The zero-order valence-corrected chi connectivity index (χ0v) is 30.1. The highest BCUT2D eigenvalue weighted by Crippen LogP contribution is 2.16. The van der Waals surface area contributed by atoms with Gasteiger partial charge in [-0.05, 0) is 97.4 Å². The predicted molar refractivity (Wildman–Crippen MR) is 188 cm³/mol. The van der Waals surface area contributed by atoms with Crippen molar-refractivity contribution in [3.8, 4) is 0 Å². The maximum absolute atomic E-state index is 12.5. The van der Waals surface area contributed by atoms with E-state index < -0.39 is 0 Å². The Kier molecular flexibility index (Phi) is 33.8. The smallest absolute Gasteiger partial charge is 0.306 e. The average Bonchev–Trinajstić information content (AvgIpc) is 3.01. The highest BCUT2D eigenvalue weighted by molar-refractivity contribution is 5.69. The summed E-state index contributed by atoms with van der Waals surface area (Å²) in [7, 11) is 2.03. The summed E-state index contributed by atoms with van der Waals surface area (Å²) in [6, 6.07) is 0. The number of nitrogens with one attached hydrogen (secondary N) is 1. The molecule has 0 aromatic carbocycles. The Morgan fingerprint density at radius 1 is 0.545 bits per heavy atom. The molecule has 6 nitrogen and oxygen atoms in total. The third-order valence-electron chi connectivity index (χ3n) is 8.68. The van der Waals surface area contributed by atoms with Crippen LogP contribution in [0.15, 0.2) is 0 Å². The number of carbonyl (C=O) groups excluding carboxylic acids is 2. The van der Waals surface area contributed by atoms with Crippen LogP contribution in [0, 0.1) is 0 Å². The van der Waals surface area contributed by atoms with Crippen LogP contribution >= 0.6 is 0 Å². The van der Waals surface area contributed by atoms with E-state index in [1.54, 1.807) is 0 Å². The van der Waals surface area contributed by atoms with Crippen molar-refractivity contribution in [2.24, 2.45) is 0 Å². The van der Waals surface area contributed by atoms with E-state index in [0.717, 1.165) is 58.0 Å². The second-order valence-corrected chi connectivity index (χ2v) is 13.1. The van der Waals surface area contributed by atoms with Crippen molar-refractivity contribution in [3.05, 3.63) is 0 Å². The lowest BCUT2D eigenvalue weighted by Crippen LogP contribution is -2.29. The van der Waals surface area contributed by atoms with Gasteiger partial charge < -0.3 is 19.7 Å². The molecular formula is C38H76N2O4. The van der Waals surface area contributed by atoms with Gasteiger partial charge in [-0.3, -0.25) is 9.59 Å². The minimum absolute atomic E-state index is 0.0135. The molecule has 0 spiro atoms. The molecule has 0 atom stereocenters. The number of rotatable bonds is 35. The molecule has 44 heavy (non-hydrogen) atoms. The van der Waals surface area contributed by atoms with E-state index in [4.69, 9.17) is 9.47 Å². The van der Waals surface area contributed by atoms with Crippen LogP contribution < -0.4 is 5.32 Å². The quantitative estimate of drug-likeness (QED) is 0.0559. The Labute approximate surface area is 274 Å². The van der Waals surface area contributed by atoms with Gasteiger partial charge in [-0.25, -0.2) is 0 Å². The number of nitrogens with zero attached hydrogens (tertiary/aromatic N) is 1. The van der Waals surface area contributed by atoms with E-state index in [-0.39, 0.29) is 18.0 Å². The molecule has 0 fully saturated rings. The topological polar surface area (TPSA) is 67.9 Å². The van der Waals surface area contributed by atoms with Crippen LogP contribution in [0.4, 0.5) is 0 Å². The summed E-state index contributed by atoms with van der Waals surface area (Å²) in [4.78, 5) is 27.0. The van der Waals surface area contributed by atoms with Gasteiger partial charge in [-0.2, -0.15) is 0 Å². The van der Waals surface area contributed by atoms with Crippen LogP contribution in [-0.2, 0) is 19.1 Å². The Bertz CT molecular complexity index is 606. The summed E-state index contributed by atoms with van der Waals surface area (Å²) in [5.41, 5.74) is 0. The van der Waals surface area contributed by atoms with E-state index in [1.807, 2.05) is 7.05 Å². The maximum Gasteiger partial charge on any atom is 0.306 e. The maximum atomic E-state index is 12.5. The number of hydrogen-bond donors (Lipinski definition) is 1. The second kappa shape index (κ2) is 34.7. The van der Waals surface area contributed by atoms with Crippen molar-refractivity contribution in [2.75, 3.05) is 39.8 Å². The number of carbonyl (C=O) groups is 2. The number of hydrogen-bond acceptors (Lipinski definition) is 6. The van der Waals surface area contributed by atoms with Gasteiger partial charge in [0.05, 0.1) is 6.61 Å². The normalized spacial score (nSPS) is 11.5. The Hall–Kier alpha value is -1.14. The Balaban J connectivity index is 3.97. The van der Waals surface area contributed by atoms with E-state index in [9.17, 15) is 9.59 Å². The Morgan fingerprint density at radius 3 is 1.57 bits per heavy atom. The van der Waals surface area contributed by atoms with E-state index >= 15 is 0 Å². The standard InChI is InChI=1S/C38H76N2O4/c1-5-8-11-18-25-35-43-37(41)29-21-14-12-16-23-32-40(34-26-31-39-4)33-24-17-13-15-22-30-38(42)44-36(27-19-9-6-2)28-20-10-7-3/h36,39H,5-35H2,1-4H3. The minimum Gasteiger partial charge on any atom is -0.466 e. The third-order valence-corrected chi connectivity index (χ3v) is 8.68. The van der Waals surface area contributed by atoms with Crippen LogP contribution in [0.3, 0.4) is 0 Å². The summed E-state index contributed by atoms with van der Waals surface area (Å²) in [6.07, 6.45) is 29.2. The fourth-order valence-corrected chi connectivity index (χ4v) is 5.80. The lowest BCUT2D eigenvalue weighted by atomic mass is 10.0. The first kappa shape index (κ1) is 42.9. The molecule has 0 aliphatic rings. The molecule has 0 aromatic rings. The Morgan fingerprint density at radius 2 is 1.00 bits per heavy atom. The minimum atomic E-state index is -0.0135. The molecule has 0 radical (unpaired) electrons. The highest BCUT2D eigenvalue weighted by atomic mass is 16.5. The van der Waals surface area contributed by atoms with Crippen molar-refractivity contribution >= 4 is 11.9 Å². The van der Waals surface area contributed by atoms with E-state index in [2.05, 4.69) is 31.0 Å². The van der Waals surface area contributed by atoms with Crippen LogP contribution in [0.1, 0.15) is 188 Å². The first-order valence-corrected chi connectivity index (χ1v) is 19.3. The molecule has 0 bridgehead atoms. The average molecular weight is 625 g/mol. The van der Waals surface area contributed by atoms with Crippen molar-refractivity contribution < 1.29 is 19.1 Å². The van der Waals surface area contributed by atoms with Crippen LogP contribution in [-0.4, -0.2) is 62.8 Å². The van der Waals surface area contributed by atoms with Gasteiger partial charge in [-0.15, -0.1) is 0 Å².